The van der Waals surface area contributed by atoms with Crippen LogP contribution in [0.4, 0.5) is 10.1 Å². The molecule has 2 saturated heterocycles. The minimum Gasteiger partial charge on any atom is -0.379 e. The number of guanidine groups is 1. The molecule has 6 nitrogen and oxygen atoms in total. The van der Waals surface area contributed by atoms with E-state index in [-0.39, 0.29) is 11.9 Å². The molecular weight excluding hydrogens is 323 g/mol. The van der Waals surface area contributed by atoms with Gasteiger partial charge >= 0.3 is 0 Å². The molecule has 7 heteroatoms. The van der Waals surface area contributed by atoms with Crippen molar-refractivity contribution in [1.82, 2.24) is 4.90 Å². The first kappa shape index (κ1) is 17.9. The van der Waals surface area contributed by atoms with Crippen molar-refractivity contribution in [1.29, 1.82) is 0 Å². The second-order valence-corrected chi connectivity index (χ2v) is 6.55. The maximum Gasteiger partial charge on any atom is 0.191 e. The van der Waals surface area contributed by atoms with Gasteiger partial charge in [-0.25, -0.2) is 4.39 Å². The Kier molecular flexibility index (Phi) is 6.09. The van der Waals surface area contributed by atoms with E-state index in [9.17, 15) is 4.39 Å². The Balaban J connectivity index is 1.50. The minimum absolute atomic E-state index is 0.0978. The number of nitrogens with zero attached hydrogens (tertiary/aromatic N) is 3. The summed E-state index contributed by atoms with van der Waals surface area (Å²) in [7, 11) is 1.72. The van der Waals surface area contributed by atoms with Crippen LogP contribution in [-0.2, 0) is 9.47 Å². The molecule has 0 radical (unpaired) electrons. The zero-order valence-electron chi connectivity index (χ0n) is 14.7. The third kappa shape index (κ3) is 4.61. The van der Waals surface area contributed by atoms with Gasteiger partial charge in [0.15, 0.2) is 5.96 Å². The molecule has 2 unspecified atom stereocenters. The Morgan fingerprint density at radius 3 is 2.68 bits per heavy atom. The molecule has 2 fully saturated rings. The predicted octanol–water partition coefficient (Wildman–Crippen LogP) is 1.31. The fraction of sp³-hybridized carbons (Fsp3) is 0.611. The molecule has 0 aliphatic carbocycles. The second-order valence-electron chi connectivity index (χ2n) is 6.55. The molecule has 2 N–H and O–H groups in total. The monoisotopic (exact) mass is 350 g/mol. The van der Waals surface area contributed by atoms with Crippen molar-refractivity contribution < 1.29 is 13.9 Å². The summed E-state index contributed by atoms with van der Waals surface area (Å²) in [5.41, 5.74) is 7.24. The predicted molar refractivity (Wildman–Crippen MR) is 96.4 cm³/mol. The molecule has 0 amide bonds. The zero-order valence-corrected chi connectivity index (χ0v) is 14.7. The van der Waals surface area contributed by atoms with E-state index >= 15 is 0 Å². The van der Waals surface area contributed by atoms with E-state index in [1.165, 1.54) is 12.1 Å². The van der Waals surface area contributed by atoms with Gasteiger partial charge in [0.2, 0.25) is 0 Å². The van der Waals surface area contributed by atoms with Crippen molar-refractivity contribution in [3.8, 4) is 0 Å². The molecule has 0 spiro atoms. The molecule has 138 valence electrons. The maximum atomic E-state index is 13.0. The van der Waals surface area contributed by atoms with E-state index in [0.29, 0.717) is 25.0 Å². The Morgan fingerprint density at radius 2 is 2.00 bits per heavy atom. The van der Waals surface area contributed by atoms with Crippen molar-refractivity contribution >= 4 is 11.6 Å². The molecule has 2 aliphatic rings. The summed E-state index contributed by atoms with van der Waals surface area (Å²) in [4.78, 5) is 8.95. The fourth-order valence-electron chi connectivity index (χ4n) is 3.38. The summed E-state index contributed by atoms with van der Waals surface area (Å²) in [5, 5.41) is 0. The molecule has 3 rings (SSSR count). The highest BCUT2D eigenvalue weighted by Gasteiger charge is 2.26. The number of halogens is 1. The Hall–Kier alpha value is -1.86. The van der Waals surface area contributed by atoms with E-state index in [1.807, 2.05) is 12.1 Å². The number of anilines is 1. The van der Waals surface area contributed by atoms with Crippen LogP contribution in [0, 0.1) is 11.7 Å². The van der Waals surface area contributed by atoms with E-state index < -0.39 is 0 Å². The number of ether oxygens (including phenoxy) is 2. The fourth-order valence-corrected chi connectivity index (χ4v) is 3.38. The lowest BCUT2D eigenvalue weighted by atomic mass is 9.97. The van der Waals surface area contributed by atoms with Crippen molar-refractivity contribution in [2.45, 2.75) is 12.5 Å². The van der Waals surface area contributed by atoms with Crippen LogP contribution in [0.25, 0.3) is 0 Å². The highest BCUT2D eigenvalue weighted by molar-refractivity contribution is 5.78. The average molecular weight is 350 g/mol. The van der Waals surface area contributed by atoms with Gasteiger partial charge < -0.3 is 25.0 Å². The summed E-state index contributed by atoms with van der Waals surface area (Å²) in [5.74, 6) is 0.749. The number of aliphatic imine (C=N–C) groups is 1. The number of piperazine rings is 1. The molecule has 1 aromatic carbocycles. The van der Waals surface area contributed by atoms with E-state index in [1.54, 1.807) is 7.11 Å². The van der Waals surface area contributed by atoms with Crippen molar-refractivity contribution in [3.63, 3.8) is 0 Å². The van der Waals surface area contributed by atoms with Gasteiger partial charge in [0.05, 0.1) is 12.7 Å². The van der Waals surface area contributed by atoms with Crippen molar-refractivity contribution in [2.75, 3.05) is 57.9 Å². The highest BCUT2D eigenvalue weighted by Crippen LogP contribution is 2.19. The molecule has 0 bridgehead atoms. The summed E-state index contributed by atoms with van der Waals surface area (Å²) in [6, 6.07) is 6.63. The summed E-state index contributed by atoms with van der Waals surface area (Å²) in [6.07, 6.45) is 1.05. The number of benzene rings is 1. The quantitative estimate of drug-likeness (QED) is 0.655. The first-order valence-electron chi connectivity index (χ1n) is 8.83. The van der Waals surface area contributed by atoms with Crippen LogP contribution < -0.4 is 10.6 Å². The molecule has 0 aromatic heterocycles. The first-order chi connectivity index (χ1) is 12.2. The van der Waals surface area contributed by atoms with Crippen molar-refractivity contribution in [3.05, 3.63) is 30.1 Å². The highest BCUT2D eigenvalue weighted by atomic mass is 19.1. The Morgan fingerprint density at radius 1 is 1.28 bits per heavy atom. The van der Waals surface area contributed by atoms with Crippen LogP contribution in [0.5, 0.6) is 0 Å². The topological polar surface area (TPSA) is 63.3 Å². The van der Waals surface area contributed by atoms with E-state index in [4.69, 9.17) is 15.2 Å². The lowest BCUT2D eigenvalue weighted by Gasteiger charge is -2.37. The number of hydrogen-bond donors (Lipinski definition) is 1. The lowest BCUT2D eigenvalue weighted by molar-refractivity contribution is -0.0624. The second kappa shape index (κ2) is 8.49. The minimum atomic E-state index is -0.207. The van der Waals surface area contributed by atoms with Crippen LogP contribution in [0.1, 0.15) is 6.42 Å². The van der Waals surface area contributed by atoms with Gasteiger partial charge in [-0.15, -0.1) is 0 Å². The zero-order chi connectivity index (χ0) is 17.6. The number of rotatable bonds is 4. The largest absolute Gasteiger partial charge is 0.379 e. The van der Waals surface area contributed by atoms with Crippen molar-refractivity contribution in [2.24, 2.45) is 16.6 Å². The van der Waals surface area contributed by atoms with Gasteiger partial charge in [-0.2, -0.15) is 0 Å². The van der Waals surface area contributed by atoms with Crippen LogP contribution in [-0.4, -0.2) is 70.0 Å². The summed E-state index contributed by atoms with van der Waals surface area (Å²) in [6.45, 7) is 5.39. The van der Waals surface area contributed by atoms with Gasteiger partial charge in [-0.3, -0.25) is 4.99 Å². The molecule has 0 saturated carbocycles. The van der Waals surface area contributed by atoms with Crippen LogP contribution in [0.15, 0.2) is 29.3 Å². The average Bonchev–Trinajstić information content (AvgIpc) is 2.67. The smallest absolute Gasteiger partial charge is 0.191 e. The maximum absolute atomic E-state index is 13.0. The summed E-state index contributed by atoms with van der Waals surface area (Å²) >= 11 is 0. The summed E-state index contributed by atoms with van der Waals surface area (Å²) < 4.78 is 24.0. The van der Waals surface area contributed by atoms with Gasteiger partial charge in [-0.1, -0.05) is 0 Å². The number of nitrogens with two attached hydrogens (primary N) is 1. The van der Waals surface area contributed by atoms with Crippen LogP contribution >= 0.6 is 0 Å². The van der Waals surface area contributed by atoms with Crippen LogP contribution in [0.2, 0.25) is 0 Å². The molecule has 2 heterocycles. The SMILES string of the molecule is COC1COCCC1CN=C(N)N1CCN(c2ccc(F)cc2)CC1. The standard InChI is InChI=1S/C18H27FN4O2/c1-24-17-13-25-11-6-14(17)12-21-18(20)23-9-7-22(8-10-23)16-4-2-15(19)3-5-16/h2-5,14,17H,6-13H2,1H3,(H2,20,21). The Bertz CT molecular complexity index is 573. The van der Waals surface area contributed by atoms with Gasteiger partial charge in [0.25, 0.3) is 0 Å². The molecule has 2 atom stereocenters. The number of methoxy groups -OCH3 is 1. The molecular formula is C18H27FN4O2. The van der Waals surface area contributed by atoms with Gasteiger partial charge in [-0.05, 0) is 30.7 Å². The normalized spacial score (nSPS) is 25.3. The van der Waals surface area contributed by atoms with Gasteiger partial charge in [0.1, 0.15) is 5.82 Å². The van der Waals surface area contributed by atoms with Crippen LogP contribution in [0.3, 0.4) is 0 Å². The van der Waals surface area contributed by atoms with Gasteiger partial charge in [0, 0.05) is 58.0 Å². The van der Waals surface area contributed by atoms with E-state index in [0.717, 1.165) is 44.9 Å². The third-order valence-corrected chi connectivity index (χ3v) is 5.03. The van der Waals surface area contributed by atoms with E-state index in [2.05, 4.69) is 14.8 Å². The molecule has 25 heavy (non-hydrogen) atoms. The number of hydrogen-bond acceptors (Lipinski definition) is 4. The third-order valence-electron chi connectivity index (χ3n) is 5.03. The lowest BCUT2D eigenvalue weighted by Crippen LogP contribution is -2.51. The Labute approximate surface area is 148 Å². The molecule has 2 aliphatic heterocycles. The first-order valence-corrected chi connectivity index (χ1v) is 8.83. The molecule has 1 aromatic rings.